The van der Waals surface area contributed by atoms with E-state index < -0.39 is 0 Å². The van der Waals surface area contributed by atoms with Crippen LogP contribution in [0, 0.1) is 0 Å². The van der Waals surface area contributed by atoms with Gasteiger partial charge in [0, 0.05) is 37.5 Å². The highest BCUT2D eigenvalue weighted by Crippen LogP contribution is 2.30. The van der Waals surface area contributed by atoms with E-state index in [0.29, 0.717) is 11.3 Å². The summed E-state index contributed by atoms with van der Waals surface area (Å²) in [6, 6.07) is 0.586. The van der Waals surface area contributed by atoms with Gasteiger partial charge in [-0.15, -0.1) is 0 Å². The summed E-state index contributed by atoms with van der Waals surface area (Å²) in [6.45, 7) is 7.81. The lowest BCUT2D eigenvalue weighted by Gasteiger charge is -2.44. The molecule has 0 saturated carbocycles. The van der Waals surface area contributed by atoms with Gasteiger partial charge in [-0.05, 0) is 25.5 Å². The Labute approximate surface area is 114 Å². The average molecular weight is 271 g/mol. The second kappa shape index (κ2) is 6.78. The number of amides is 1. The predicted octanol–water partition coefficient (Wildman–Crippen LogP) is 0.680. The molecule has 2 saturated heterocycles. The van der Waals surface area contributed by atoms with Crippen LogP contribution in [0.15, 0.2) is 0 Å². The molecular weight excluding hydrogens is 246 g/mol. The number of carbonyl (C=O) groups excluding carboxylic acids is 1. The van der Waals surface area contributed by atoms with Crippen LogP contribution in [0.2, 0.25) is 0 Å². The highest BCUT2D eigenvalue weighted by atomic mass is 32.2. The summed E-state index contributed by atoms with van der Waals surface area (Å²) < 4.78 is 0. The maximum Gasteiger partial charge on any atom is 0.238 e. The van der Waals surface area contributed by atoms with Gasteiger partial charge in [-0.3, -0.25) is 9.69 Å². The number of hydrogen-bond acceptors (Lipinski definition) is 4. The second-order valence-corrected chi connectivity index (χ2v) is 6.62. The molecule has 1 amide bonds. The minimum atomic E-state index is 0.0184. The number of hydrogen-bond donors (Lipinski definition) is 2. The number of carbonyl (C=O) groups is 1. The first-order valence-electron chi connectivity index (χ1n) is 7.09. The standard InChI is InChI=1S/C13H25N3OS/c1-3-15-13(17)12-9-14-6-7-16(12)11-5-4-8-18-10(11)2/h10-12,14H,3-9H2,1-2H3,(H,15,17). The molecule has 0 aromatic rings. The molecule has 3 atom stereocenters. The minimum absolute atomic E-state index is 0.0184. The molecule has 0 aliphatic carbocycles. The van der Waals surface area contributed by atoms with E-state index in [1.165, 1.54) is 18.6 Å². The largest absolute Gasteiger partial charge is 0.355 e. The summed E-state index contributed by atoms with van der Waals surface area (Å²) in [6.07, 6.45) is 2.52. The zero-order valence-electron chi connectivity index (χ0n) is 11.4. The van der Waals surface area contributed by atoms with Gasteiger partial charge in [0.25, 0.3) is 0 Å². The normalized spacial score (nSPS) is 34.2. The molecule has 2 N–H and O–H groups in total. The van der Waals surface area contributed by atoms with Crippen LogP contribution in [0.1, 0.15) is 26.7 Å². The maximum atomic E-state index is 12.2. The molecule has 0 spiro atoms. The number of nitrogens with zero attached hydrogens (tertiary/aromatic N) is 1. The highest BCUT2D eigenvalue weighted by molar-refractivity contribution is 7.99. The summed E-state index contributed by atoms with van der Waals surface area (Å²) in [4.78, 5) is 14.6. The van der Waals surface area contributed by atoms with Crippen LogP contribution < -0.4 is 10.6 Å². The molecule has 3 unspecified atom stereocenters. The molecule has 2 aliphatic heterocycles. The fourth-order valence-electron chi connectivity index (χ4n) is 3.00. The minimum Gasteiger partial charge on any atom is -0.355 e. The number of thioether (sulfide) groups is 1. The van der Waals surface area contributed by atoms with Crippen molar-refractivity contribution in [3.63, 3.8) is 0 Å². The van der Waals surface area contributed by atoms with Crippen molar-refractivity contribution >= 4 is 17.7 Å². The first kappa shape index (κ1) is 14.2. The van der Waals surface area contributed by atoms with Gasteiger partial charge in [0.15, 0.2) is 0 Å². The SMILES string of the molecule is CCNC(=O)C1CNCCN1C1CCCSC1C. The molecular formula is C13H25N3OS. The van der Waals surface area contributed by atoms with Crippen molar-refractivity contribution in [2.24, 2.45) is 0 Å². The summed E-state index contributed by atoms with van der Waals surface area (Å²) >= 11 is 2.05. The van der Waals surface area contributed by atoms with E-state index in [9.17, 15) is 4.79 Å². The van der Waals surface area contributed by atoms with E-state index in [1.807, 2.05) is 6.92 Å². The molecule has 0 aromatic heterocycles. The van der Waals surface area contributed by atoms with Crippen LogP contribution in [-0.4, -0.2) is 60.1 Å². The molecule has 4 nitrogen and oxygen atoms in total. The van der Waals surface area contributed by atoms with Gasteiger partial charge in [-0.1, -0.05) is 6.92 Å². The van der Waals surface area contributed by atoms with Gasteiger partial charge in [0.2, 0.25) is 5.91 Å². The lowest BCUT2D eigenvalue weighted by molar-refractivity contribution is -0.128. The van der Waals surface area contributed by atoms with Crippen molar-refractivity contribution in [3.8, 4) is 0 Å². The zero-order chi connectivity index (χ0) is 13.0. The summed E-state index contributed by atoms with van der Waals surface area (Å²) in [5, 5.41) is 6.97. The zero-order valence-corrected chi connectivity index (χ0v) is 12.3. The third kappa shape index (κ3) is 3.19. The topological polar surface area (TPSA) is 44.4 Å². The van der Waals surface area contributed by atoms with Crippen molar-refractivity contribution in [2.75, 3.05) is 31.9 Å². The maximum absolute atomic E-state index is 12.2. The number of nitrogens with one attached hydrogen (secondary N) is 2. The fourth-order valence-corrected chi connectivity index (χ4v) is 4.21. The summed E-state index contributed by atoms with van der Waals surface area (Å²) in [5.74, 6) is 1.46. The van der Waals surface area contributed by atoms with E-state index >= 15 is 0 Å². The Bertz CT molecular complexity index is 287. The Kier molecular flexibility index (Phi) is 5.33. The van der Waals surface area contributed by atoms with Crippen molar-refractivity contribution in [2.45, 2.75) is 44.0 Å². The summed E-state index contributed by atoms with van der Waals surface area (Å²) in [5.41, 5.74) is 0. The van der Waals surface area contributed by atoms with Crippen LogP contribution in [0.4, 0.5) is 0 Å². The van der Waals surface area contributed by atoms with E-state index in [0.717, 1.165) is 26.2 Å². The Balaban J connectivity index is 2.04. The molecule has 5 heteroatoms. The molecule has 18 heavy (non-hydrogen) atoms. The lowest BCUT2D eigenvalue weighted by Crippen LogP contribution is -2.62. The molecule has 0 radical (unpaired) electrons. The van der Waals surface area contributed by atoms with Gasteiger partial charge in [-0.25, -0.2) is 0 Å². The van der Waals surface area contributed by atoms with Gasteiger partial charge < -0.3 is 10.6 Å². The summed E-state index contributed by atoms with van der Waals surface area (Å²) in [7, 11) is 0. The number of piperazine rings is 1. The smallest absolute Gasteiger partial charge is 0.238 e. The molecule has 2 rings (SSSR count). The molecule has 0 bridgehead atoms. The molecule has 2 fully saturated rings. The van der Waals surface area contributed by atoms with Crippen LogP contribution in [-0.2, 0) is 4.79 Å². The molecule has 0 aromatic carbocycles. The van der Waals surface area contributed by atoms with E-state index in [2.05, 4.69) is 34.2 Å². The molecule has 2 aliphatic rings. The van der Waals surface area contributed by atoms with Crippen LogP contribution in [0.25, 0.3) is 0 Å². The van der Waals surface area contributed by atoms with Crippen LogP contribution in [0.3, 0.4) is 0 Å². The predicted molar refractivity (Wildman–Crippen MR) is 77.0 cm³/mol. The number of rotatable bonds is 3. The number of likely N-dealkylation sites (N-methyl/N-ethyl adjacent to an activating group) is 1. The molecule has 104 valence electrons. The van der Waals surface area contributed by atoms with E-state index in [4.69, 9.17) is 0 Å². The van der Waals surface area contributed by atoms with E-state index in [1.54, 1.807) is 0 Å². The third-order valence-corrected chi connectivity index (χ3v) is 5.30. The fraction of sp³-hybridized carbons (Fsp3) is 0.923. The Morgan fingerprint density at radius 2 is 2.39 bits per heavy atom. The second-order valence-electron chi connectivity index (χ2n) is 5.14. The van der Waals surface area contributed by atoms with Gasteiger partial charge in [0.05, 0.1) is 0 Å². The Morgan fingerprint density at radius 3 is 3.11 bits per heavy atom. The Morgan fingerprint density at radius 1 is 1.56 bits per heavy atom. The first-order chi connectivity index (χ1) is 8.74. The van der Waals surface area contributed by atoms with Crippen LogP contribution in [0.5, 0.6) is 0 Å². The third-order valence-electron chi connectivity index (χ3n) is 3.93. The van der Waals surface area contributed by atoms with Crippen molar-refractivity contribution in [1.29, 1.82) is 0 Å². The Hall–Kier alpha value is -0.260. The van der Waals surface area contributed by atoms with Crippen molar-refractivity contribution in [3.05, 3.63) is 0 Å². The van der Waals surface area contributed by atoms with Gasteiger partial charge in [-0.2, -0.15) is 11.8 Å². The lowest BCUT2D eigenvalue weighted by atomic mass is 10.0. The van der Waals surface area contributed by atoms with E-state index in [-0.39, 0.29) is 11.9 Å². The van der Waals surface area contributed by atoms with Crippen molar-refractivity contribution in [1.82, 2.24) is 15.5 Å². The highest BCUT2D eigenvalue weighted by Gasteiger charge is 2.36. The van der Waals surface area contributed by atoms with Crippen molar-refractivity contribution < 1.29 is 4.79 Å². The molecule has 2 heterocycles. The average Bonchev–Trinajstić information content (AvgIpc) is 2.40. The first-order valence-corrected chi connectivity index (χ1v) is 8.14. The van der Waals surface area contributed by atoms with Gasteiger partial charge in [0.1, 0.15) is 6.04 Å². The van der Waals surface area contributed by atoms with Gasteiger partial charge >= 0.3 is 0 Å². The quantitative estimate of drug-likeness (QED) is 0.792. The monoisotopic (exact) mass is 271 g/mol. The van der Waals surface area contributed by atoms with Crippen LogP contribution >= 0.6 is 11.8 Å².